The lowest BCUT2D eigenvalue weighted by Gasteiger charge is -2.15. The Bertz CT molecular complexity index is 524. The maximum Gasteiger partial charge on any atom is 0.0940 e. The first kappa shape index (κ1) is 7.68. The zero-order valence-corrected chi connectivity index (χ0v) is 7.94. The van der Waals surface area contributed by atoms with Crippen LogP contribution < -0.4 is 0 Å². The van der Waals surface area contributed by atoms with Crippen LogP contribution in [0.2, 0.25) is 0 Å². The number of hydrogen-bond acceptors (Lipinski definition) is 2. The third kappa shape index (κ3) is 0.909. The van der Waals surface area contributed by atoms with Crippen LogP contribution >= 0.6 is 0 Å². The smallest absolute Gasteiger partial charge is 0.0940 e. The summed E-state index contributed by atoms with van der Waals surface area (Å²) in [5.41, 5.74) is 2.28. The summed E-state index contributed by atoms with van der Waals surface area (Å²) in [4.78, 5) is 0. The summed E-state index contributed by atoms with van der Waals surface area (Å²) in [5, 5.41) is 11.0. The molecule has 1 aliphatic heterocycles. The predicted molar refractivity (Wildman–Crippen MR) is 56.9 cm³/mol. The molecule has 14 heavy (non-hydrogen) atoms. The van der Waals surface area contributed by atoms with Gasteiger partial charge in [0.2, 0.25) is 0 Å². The minimum absolute atomic E-state index is 0.189. The van der Waals surface area contributed by atoms with Crippen molar-refractivity contribution in [2.45, 2.75) is 13.0 Å². The molecular formula is C12H10N2. The van der Waals surface area contributed by atoms with E-state index in [2.05, 4.69) is 41.4 Å². The fraction of sp³-hybridized carbons (Fsp3) is 0.167. The molecule has 3 rings (SSSR count). The quantitative estimate of drug-likeness (QED) is 0.588. The highest BCUT2D eigenvalue weighted by atomic mass is 15.1. The Morgan fingerprint density at radius 3 is 2.71 bits per heavy atom. The molecule has 2 nitrogen and oxygen atoms in total. The maximum atomic E-state index is 4.22. The number of rotatable bonds is 0. The summed E-state index contributed by atoms with van der Waals surface area (Å²) in [6, 6.07) is 12.7. The van der Waals surface area contributed by atoms with Crippen LogP contribution in [0, 0.1) is 0 Å². The second-order valence-electron chi connectivity index (χ2n) is 3.61. The van der Waals surface area contributed by atoms with E-state index in [-0.39, 0.29) is 6.04 Å². The molecule has 0 bridgehead atoms. The second kappa shape index (κ2) is 2.64. The van der Waals surface area contributed by atoms with Gasteiger partial charge in [-0.25, -0.2) is 0 Å². The molecule has 2 heteroatoms. The zero-order chi connectivity index (χ0) is 9.54. The summed E-state index contributed by atoms with van der Waals surface area (Å²) in [6.45, 7) is 2.08. The minimum Gasteiger partial charge on any atom is -0.181 e. The molecule has 0 aromatic heterocycles. The van der Waals surface area contributed by atoms with Crippen LogP contribution in [0.3, 0.4) is 0 Å². The van der Waals surface area contributed by atoms with Crippen LogP contribution in [0.4, 0.5) is 5.69 Å². The lowest BCUT2D eigenvalue weighted by atomic mass is 9.98. The summed E-state index contributed by atoms with van der Waals surface area (Å²) in [6.07, 6.45) is 0. The molecule has 0 fully saturated rings. The zero-order valence-electron chi connectivity index (χ0n) is 7.94. The monoisotopic (exact) mass is 182 g/mol. The molecule has 0 saturated heterocycles. The van der Waals surface area contributed by atoms with Crippen molar-refractivity contribution in [2.24, 2.45) is 10.2 Å². The van der Waals surface area contributed by atoms with Crippen molar-refractivity contribution in [2.75, 3.05) is 0 Å². The Balaban J connectivity index is 2.52. The maximum absolute atomic E-state index is 4.22. The van der Waals surface area contributed by atoms with Crippen molar-refractivity contribution in [3.05, 3.63) is 42.0 Å². The Hall–Kier alpha value is -1.70. The Morgan fingerprint density at radius 2 is 1.86 bits per heavy atom. The molecule has 1 heterocycles. The van der Waals surface area contributed by atoms with Gasteiger partial charge in [0.05, 0.1) is 11.7 Å². The van der Waals surface area contributed by atoms with Crippen molar-refractivity contribution < 1.29 is 0 Å². The summed E-state index contributed by atoms with van der Waals surface area (Å²) >= 11 is 0. The van der Waals surface area contributed by atoms with Gasteiger partial charge in [0.25, 0.3) is 0 Å². The third-order valence-corrected chi connectivity index (χ3v) is 2.70. The normalized spacial score (nSPS) is 18.8. The number of azo groups is 1. The largest absolute Gasteiger partial charge is 0.181 e. The average molecular weight is 182 g/mol. The highest BCUT2D eigenvalue weighted by Crippen LogP contribution is 2.37. The van der Waals surface area contributed by atoms with E-state index in [9.17, 15) is 0 Å². The van der Waals surface area contributed by atoms with Gasteiger partial charge in [-0.1, -0.05) is 30.3 Å². The Morgan fingerprint density at radius 1 is 1.07 bits per heavy atom. The molecule has 0 saturated carbocycles. The van der Waals surface area contributed by atoms with E-state index in [4.69, 9.17) is 0 Å². The number of nitrogens with zero attached hydrogens (tertiary/aromatic N) is 2. The highest BCUT2D eigenvalue weighted by molar-refractivity contribution is 5.96. The van der Waals surface area contributed by atoms with Gasteiger partial charge in [0.1, 0.15) is 0 Å². The molecule has 1 aliphatic rings. The summed E-state index contributed by atoms with van der Waals surface area (Å²) in [7, 11) is 0. The van der Waals surface area contributed by atoms with Gasteiger partial charge in [-0.3, -0.25) is 0 Å². The van der Waals surface area contributed by atoms with Gasteiger partial charge >= 0.3 is 0 Å². The summed E-state index contributed by atoms with van der Waals surface area (Å²) < 4.78 is 0. The van der Waals surface area contributed by atoms with Gasteiger partial charge in [-0.05, 0) is 23.9 Å². The van der Waals surface area contributed by atoms with Crippen LogP contribution in [0.15, 0.2) is 46.6 Å². The Labute approximate surface area is 82.3 Å². The van der Waals surface area contributed by atoms with Crippen molar-refractivity contribution in [1.82, 2.24) is 0 Å². The van der Waals surface area contributed by atoms with Crippen LogP contribution in [-0.2, 0) is 0 Å². The van der Waals surface area contributed by atoms with Crippen LogP contribution in [-0.4, -0.2) is 0 Å². The van der Waals surface area contributed by atoms with Gasteiger partial charge in [0.15, 0.2) is 0 Å². The van der Waals surface area contributed by atoms with E-state index >= 15 is 0 Å². The third-order valence-electron chi connectivity index (χ3n) is 2.70. The predicted octanol–water partition coefficient (Wildman–Crippen LogP) is 4.00. The summed E-state index contributed by atoms with van der Waals surface area (Å²) in [5.74, 6) is 0. The van der Waals surface area contributed by atoms with E-state index in [1.807, 2.05) is 12.1 Å². The molecule has 0 spiro atoms. The van der Waals surface area contributed by atoms with E-state index in [1.54, 1.807) is 0 Å². The number of benzene rings is 2. The van der Waals surface area contributed by atoms with Crippen molar-refractivity contribution >= 4 is 16.5 Å². The molecule has 0 aliphatic carbocycles. The van der Waals surface area contributed by atoms with E-state index in [0.29, 0.717) is 0 Å². The average Bonchev–Trinajstić information content (AvgIpc) is 2.24. The SMILES string of the molecule is CC1N=Nc2cccc3cccc1c23. The molecule has 0 amide bonds. The van der Waals surface area contributed by atoms with Gasteiger partial charge in [-0.15, -0.1) is 0 Å². The van der Waals surface area contributed by atoms with Gasteiger partial charge < -0.3 is 0 Å². The van der Waals surface area contributed by atoms with Crippen molar-refractivity contribution in [1.29, 1.82) is 0 Å². The van der Waals surface area contributed by atoms with Gasteiger partial charge in [-0.2, -0.15) is 10.2 Å². The lowest BCUT2D eigenvalue weighted by molar-refractivity contribution is 0.760. The second-order valence-corrected chi connectivity index (χ2v) is 3.61. The molecule has 2 aromatic rings. The topological polar surface area (TPSA) is 24.7 Å². The van der Waals surface area contributed by atoms with E-state index in [1.165, 1.54) is 16.3 Å². The fourth-order valence-electron chi connectivity index (χ4n) is 1.99. The highest BCUT2D eigenvalue weighted by Gasteiger charge is 2.15. The lowest BCUT2D eigenvalue weighted by Crippen LogP contribution is -1.94. The minimum atomic E-state index is 0.189. The van der Waals surface area contributed by atoms with Crippen LogP contribution in [0.25, 0.3) is 10.8 Å². The van der Waals surface area contributed by atoms with E-state index in [0.717, 1.165) is 5.69 Å². The molecule has 2 aromatic carbocycles. The molecule has 0 N–H and O–H groups in total. The molecule has 1 atom stereocenters. The number of hydrogen-bond donors (Lipinski definition) is 0. The van der Waals surface area contributed by atoms with Crippen LogP contribution in [0.5, 0.6) is 0 Å². The molecular weight excluding hydrogens is 172 g/mol. The standard InChI is InChI=1S/C12H10N2/c1-8-10-6-2-4-9-5-3-7-11(12(9)10)14-13-8/h2-8H,1H3. The van der Waals surface area contributed by atoms with Crippen molar-refractivity contribution in [3.8, 4) is 0 Å². The molecule has 1 unspecified atom stereocenters. The first-order chi connectivity index (χ1) is 6.86. The fourth-order valence-corrected chi connectivity index (χ4v) is 1.99. The first-order valence-corrected chi connectivity index (χ1v) is 4.79. The first-order valence-electron chi connectivity index (χ1n) is 4.79. The van der Waals surface area contributed by atoms with Crippen LogP contribution in [0.1, 0.15) is 18.5 Å². The van der Waals surface area contributed by atoms with E-state index < -0.39 is 0 Å². The Kier molecular flexibility index (Phi) is 1.45. The van der Waals surface area contributed by atoms with Crippen molar-refractivity contribution in [3.63, 3.8) is 0 Å². The van der Waals surface area contributed by atoms with Gasteiger partial charge in [0, 0.05) is 5.39 Å². The molecule has 0 radical (unpaired) electrons. The molecule has 68 valence electrons.